The van der Waals surface area contributed by atoms with Gasteiger partial charge in [0.25, 0.3) is 5.91 Å². The predicted molar refractivity (Wildman–Crippen MR) is 132 cm³/mol. The van der Waals surface area contributed by atoms with E-state index in [0.717, 1.165) is 11.1 Å². The van der Waals surface area contributed by atoms with Gasteiger partial charge in [0.2, 0.25) is 5.91 Å². The quantitative estimate of drug-likeness (QED) is 0.504. The van der Waals surface area contributed by atoms with Gasteiger partial charge in [0.15, 0.2) is 0 Å². The molecule has 2 aromatic carbocycles. The average molecular weight is 468 g/mol. The number of carbonyl (C=O) groups is 3. The Hall–Kier alpha value is -3.81. The van der Waals surface area contributed by atoms with E-state index in [4.69, 9.17) is 4.74 Å². The van der Waals surface area contributed by atoms with Crippen molar-refractivity contribution in [3.63, 3.8) is 0 Å². The number of amides is 3. The number of aryl methyl sites for hydroxylation is 2. The van der Waals surface area contributed by atoms with Gasteiger partial charge in [-0.2, -0.15) is 0 Å². The molecule has 0 aromatic heterocycles. The van der Waals surface area contributed by atoms with Gasteiger partial charge in [-0.25, -0.2) is 4.79 Å². The first-order valence-corrected chi connectivity index (χ1v) is 11.0. The molecule has 1 unspecified atom stereocenters. The third-order valence-electron chi connectivity index (χ3n) is 4.90. The second-order valence-corrected chi connectivity index (χ2v) is 8.94. The van der Waals surface area contributed by atoms with Gasteiger partial charge in [0.1, 0.15) is 23.9 Å². The highest BCUT2D eigenvalue weighted by Crippen LogP contribution is 2.28. The Bertz CT molecular complexity index is 1040. The molecule has 2 rings (SSSR count). The summed E-state index contributed by atoms with van der Waals surface area (Å²) in [4.78, 5) is 40.0. The van der Waals surface area contributed by atoms with Gasteiger partial charge in [-0.1, -0.05) is 36.4 Å². The topological polar surface area (TPSA) is 108 Å². The van der Waals surface area contributed by atoms with E-state index in [1.165, 1.54) is 23.1 Å². The number of ether oxygens (including phenoxy) is 1. The zero-order valence-electron chi connectivity index (χ0n) is 20.3. The molecule has 3 amide bonds. The zero-order valence-corrected chi connectivity index (χ0v) is 20.3. The maximum atomic E-state index is 13.5. The van der Waals surface area contributed by atoms with Gasteiger partial charge in [-0.15, -0.1) is 6.58 Å². The minimum absolute atomic E-state index is 0.0370. The molecule has 3 N–H and O–H groups in total. The first-order valence-electron chi connectivity index (χ1n) is 11.0. The van der Waals surface area contributed by atoms with Crippen LogP contribution in [-0.4, -0.2) is 46.6 Å². The molecule has 0 saturated heterocycles. The summed E-state index contributed by atoms with van der Waals surface area (Å²) < 4.78 is 5.19. The molecule has 0 bridgehead atoms. The molecule has 0 spiro atoms. The van der Waals surface area contributed by atoms with Crippen LogP contribution in [0.1, 0.15) is 43.5 Å². The lowest BCUT2D eigenvalue weighted by Crippen LogP contribution is -2.46. The van der Waals surface area contributed by atoms with Gasteiger partial charge in [-0.05, 0) is 63.4 Å². The van der Waals surface area contributed by atoms with Crippen LogP contribution >= 0.6 is 0 Å². The first-order chi connectivity index (χ1) is 15.9. The Morgan fingerprint density at radius 3 is 2.29 bits per heavy atom. The van der Waals surface area contributed by atoms with Crippen LogP contribution in [0.2, 0.25) is 0 Å². The molecule has 182 valence electrons. The predicted octanol–water partition coefficient (Wildman–Crippen LogP) is 4.23. The van der Waals surface area contributed by atoms with E-state index in [2.05, 4.69) is 17.2 Å². The third-order valence-corrected chi connectivity index (χ3v) is 4.90. The summed E-state index contributed by atoms with van der Waals surface area (Å²) in [6.45, 7) is 12.3. The number of hydrogen-bond acceptors (Lipinski definition) is 5. The highest BCUT2D eigenvalue weighted by molar-refractivity contribution is 5.99. The summed E-state index contributed by atoms with van der Waals surface area (Å²) in [5, 5.41) is 15.4. The van der Waals surface area contributed by atoms with Crippen molar-refractivity contribution >= 4 is 23.6 Å². The summed E-state index contributed by atoms with van der Waals surface area (Å²) in [7, 11) is 0. The van der Waals surface area contributed by atoms with Crippen LogP contribution in [0.15, 0.2) is 55.1 Å². The Labute approximate surface area is 200 Å². The summed E-state index contributed by atoms with van der Waals surface area (Å²) >= 11 is 0. The Morgan fingerprint density at radius 2 is 1.74 bits per heavy atom. The molecule has 0 aliphatic carbocycles. The van der Waals surface area contributed by atoms with Crippen LogP contribution < -0.4 is 10.6 Å². The second-order valence-electron chi connectivity index (χ2n) is 8.94. The Balaban J connectivity index is 2.38. The number of alkyl carbamates (subject to hydrolysis) is 1. The van der Waals surface area contributed by atoms with Gasteiger partial charge >= 0.3 is 6.09 Å². The molecule has 0 aliphatic rings. The van der Waals surface area contributed by atoms with E-state index in [9.17, 15) is 19.5 Å². The van der Waals surface area contributed by atoms with Crippen LogP contribution in [0.25, 0.3) is 0 Å². The number of nitrogens with zero attached hydrogens (tertiary/aromatic N) is 1. The number of rotatable bonds is 8. The summed E-state index contributed by atoms with van der Waals surface area (Å²) in [6, 6.07) is 10.7. The molecular formula is C26H33N3O5. The number of anilines is 1. The minimum atomic E-state index is -1.09. The molecule has 0 radical (unpaired) electrons. The van der Waals surface area contributed by atoms with Crippen molar-refractivity contribution in [3.05, 3.63) is 71.8 Å². The van der Waals surface area contributed by atoms with Crippen LogP contribution in [0, 0.1) is 13.8 Å². The highest BCUT2D eigenvalue weighted by atomic mass is 16.6. The maximum absolute atomic E-state index is 13.5. The van der Waals surface area contributed by atoms with Crippen molar-refractivity contribution in [2.45, 2.75) is 46.3 Å². The fourth-order valence-electron chi connectivity index (χ4n) is 3.42. The van der Waals surface area contributed by atoms with Crippen LogP contribution in [0.3, 0.4) is 0 Å². The number of phenolic OH excluding ortho intramolecular Hbond substituents is 1. The summed E-state index contributed by atoms with van der Waals surface area (Å²) in [6.07, 6.45) is 0.751. The SMILES string of the molecule is C=CCN(C(=O)CNC(=O)OC(C)(C)C)C(C(=O)Nc1c(C)cccc1C)c1cccc(O)c1. The van der Waals surface area contributed by atoms with Gasteiger partial charge < -0.3 is 25.4 Å². The molecule has 0 fully saturated rings. The molecular weight excluding hydrogens is 434 g/mol. The highest BCUT2D eigenvalue weighted by Gasteiger charge is 2.32. The fourth-order valence-corrected chi connectivity index (χ4v) is 3.42. The number of nitrogens with one attached hydrogen (secondary N) is 2. The van der Waals surface area contributed by atoms with E-state index >= 15 is 0 Å². The third kappa shape index (κ3) is 7.37. The molecule has 34 heavy (non-hydrogen) atoms. The van der Waals surface area contributed by atoms with E-state index in [1.807, 2.05) is 32.0 Å². The van der Waals surface area contributed by atoms with Crippen molar-refractivity contribution in [1.82, 2.24) is 10.2 Å². The van der Waals surface area contributed by atoms with Gasteiger partial charge in [0, 0.05) is 12.2 Å². The van der Waals surface area contributed by atoms with Gasteiger partial charge in [0.05, 0.1) is 0 Å². The van der Waals surface area contributed by atoms with Crippen LogP contribution in [0.4, 0.5) is 10.5 Å². The zero-order chi connectivity index (χ0) is 25.5. The minimum Gasteiger partial charge on any atom is -0.508 e. The fraction of sp³-hybridized carbons (Fsp3) is 0.346. The van der Waals surface area contributed by atoms with Crippen molar-refractivity contribution in [1.29, 1.82) is 0 Å². The maximum Gasteiger partial charge on any atom is 0.408 e. The summed E-state index contributed by atoms with van der Waals surface area (Å²) in [5.41, 5.74) is 2.09. The number of hydrogen-bond donors (Lipinski definition) is 3. The lowest BCUT2D eigenvalue weighted by molar-refractivity contribution is -0.137. The molecule has 8 heteroatoms. The van der Waals surface area contributed by atoms with Crippen molar-refractivity contribution < 1.29 is 24.2 Å². The second kappa shape index (κ2) is 11.4. The molecule has 2 aromatic rings. The molecule has 0 aliphatic heterocycles. The number of benzene rings is 2. The number of para-hydroxylation sites is 1. The van der Waals surface area contributed by atoms with Crippen molar-refractivity contribution in [2.24, 2.45) is 0 Å². The average Bonchev–Trinajstić information content (AvgIpc) is 2.73. The molecule has 0 saturated carbocycles. The Kier molecular flexibility index (Phi) is 8.83. The van der Waals surface area contributed by atoms with Crippen LogP contribution in [0.5, 0.6) is 5.75 Å². The van der Waals surface area contributed by atoms with E-state index < -0.39 is 29.6 Å². The van der Waals surface area contributed by atoms with Crippen molar-refractivity contribution in [2.75, 3.05) is 18.4 Å². The van der Waals surface area contributed by atoms with E-state index in [1.54, 1.807) is 32.9 Å². The molecule has 0 heterocycles. The number of phenols is 1. The lowest BCUT2D eigenvalue weighted by atomic mass is 10.0. The first kappa shape index (κ1) is 26.4. The summed E-state index contributed by atoms with van der Waals surface area (Å²) in [5.74, 6) is -1.02. The van der Waals surface area contributed by atoms with E-state index in [-0.39, 0.29) is 18.8 Å². The van der Waals surface area contributed by atoms with Crippen LogP contribution in [-0.2, 0) is 14.3 Å². The largest absolute Gasteiger partial charge is 0.508 e. The Morgan fingerprint density at radius 1 is 1.12 bits per heavy atom. The van der Waals surface area contributed by atoms with Gasteiger partial charge in [-0.3, -0.25) is 9.59 Å². The van der Waals surface area contributed by atoms with E-state index in [0.29, 0.717) is 11.3 Å². The lowest BCUT2D eigenvalue weighted by Gasteiger charge is -2.31. The monoisotopic (exact) mass is 467 g/mol. The van der Waals surface area contributed by atoms with Crippen molar-refractivity contribution in [3.8, 4) is 5.75 Å². The molecule has 8 nitrogen and oxygen atoms in total. The number of aromatic hydroxyl groups is 1. The standard InChI is InChI=1S/C26H33N3O5/c1-7-14-29(21(31)16-27-25(33)34-26(4,5)6)23(19-12-9-13-20(30)15-19)24(32)28-22-17(2)10-8-11-18(22)3/h7-13,15,23,30H,1,14,16H2,2-6H3,(H,27,33)(H,28,32). The number of carbonyl (C=O) groups excluding carboxylic acids is 3. The molecule has 1 atom stereocenters. The normalized spacial score (nSPS) is 11.8. The smallest absolute Gasteiger partial charge is 0.408 e.